The fourth-order valence-corrected chi connectivity index (χ4v) is 2.98. The van der Waals surface area contributed by atoms with Gasteiger partial charge in [-0.25, -0.2) is 14.8 Å². The zero-order valence-corrected chi connectivity index (χ0v) is 13.6. The van der Waals surface area contributed by atoms with Gasteiger partial charge in [-0.1, -0.05) is 0 Å². The number of carbonyl (C=O) groups excluding carboxylic acids is 1. The van der Waals surface area contributed by atoms with Crippen molar-refractivity contribution in [3.8, 4) is 6.01 Å². The molecule has 7 nitrogen and oxygen atoms in total. The Hall–Kier alpha value is -1.89. The van der Waals surface area contributed by atoms with Crippen LogP contribution in [0, 0.1) is 12.8 Å². The lowest BCUT2D eigenvalue weighted by molar-refractivity contribution is 0.0372. The first-order chi connectivity index (χ1) is 11.2. The molecule has 0 radical (unpaired) electrons. The minimum atomic E-state index is 0.129. The van der Waals surface area contributed by atoms with E-state index < -0.39 is 0 Å². The molecule has 126 valence electrons. The average molecular weight is 320 g/mol. The summed E-state index contributed by atoms with van der Waals surface area (Å²) in [6.45, 7) is 6.71. The SMILES string of the molecule is Cc1cnc(OCC2CCCN(C(=O)N3CCOCC3)C2)nc1. The molecule has 1 aromatic heterocycles. The molecule has 0 saturated carbocycles. The maximum absolute atomic E-state index is 12.5. The van der Waals surface area contributed by atoms with Crippen LogP contribution in [0.5, 0.6) is 6.01 Å². The molecule has 1 aromatic rings. The quantitative estimate of drug-likeness (QED) is 0.840. The molecule has 0 spiro atoms. The van der Waals surface area contributed by atoms with E-state index in [1.807, 2.05) is 16.7 Å². The number of rotatable bonds is 3. The third-order valence-corrected chi connectivity index (χ3v) is 4.28. The summed E-state index contributed by atoms with van der Waals surface area (Å²) in [5.41, 5.74) is 1.01. The van der Waals surface area contributed by atoms with Crippen LogP contribution in [0.25, 0.3) is 0 Å². The van der Waals surface area contributed by atoms with Crippen molar-refractivity contribution in [2.75, 3.05) is 46.0 Å². The molecule has 2 amide bonds. The highest BCUT2D eigenvalue weighted by Gasteiger charge is 2.28. The van der Waals surface area contributed by atoms with Gasteiger partial charge in [0.15, 0.2) is 0 Å². The number of aromatic nitrogens is 2. The predicted octanol–water partition coefficient (Wildman–Crippen LogP) is 1.33. The molecule has 0 N–H and O–H groups in total. The van der Waals surface area contributed by atoms with Gasteiger partial charge in [-0.05, 0) is 25.3 Å². The van der Waals surface area contributed by atoms with E-state index in [1.54, 1.807) is 12.4 Å². The monoisotopic (exact) mass is 320 g/mol. The van der Waals surface area contributed by atoms with E-state index in [4.69, 9.17) is 9.47 Å². The number of nitrogens with zero attached hydrogens (tertiary/aromatic N) is 4. The van der Waals surface area contributed by atoms with Gasteiger partial charge in [0.1, 0.15) is 0 Å². The van der Waals surface area contributed by atoms with E-state index in [-0.39, 0.29) is 6.03 Å². The number of amides is 2. The fraction of sp³-hybridized carbons (Fsp3) is 0.688. The van der Waals surface area contributed by atoms with Crippen molar-refractivity contribution in [2.45, 2.75) is 19.8 Å². The molecular formula is C16H24N4O3. The van der Waals surface area contributed by atoms with Crippen LogP contribution in [0.3, 0.4) is 0 Å². The van der Waals surface area contributed by atoms with Crippen LogP contribution in [-0.4, -0.2) is 71.8 Å². The summed E-state index contributed by atoms with van der Waals surface area (Å²) in [4.78, 5) is 24.7. The lowest BCUT2D eigenvalue weighted by Gasteiger charge is -2.37. The summed E-state index contributed by atoms with van der Waals surface area (Å²) < 4.78 is 11.0. The average Bonchev–Trinajstić information content (AvgIpc) is 2.61. The normalized spacial score (nSPS) is 22.0. The molecule has 1 unspecified atom stereocenters. The van der Waals surface area contributed by atoms with E-state index in [1.165, 1.54) is 0 Å². The van der Waals surface area contributed by atoms with Crippen molar-refractivity contribution in [3.05, 3.63) is 18.0 Å². The number of likely N-dealkylation sites (tertiary alicyclic amines) is 1. The molecule has 1 atom stereocenters. The Kier molecular flexibility index (Phi) is 5.27. The molecule has 2 aliphatic heterocycles. The van der Waals surface area contributed by atoms with Crippen LogP contribution in [0.4, 0.5) is 4.79 Å². The summed E-state index contributed by atoms with van der Waals surface area (Å²) in [7, 11) is 0. The number of hydrogen-bond acceptors (Lipinski definition) is 5. The Labute approximate surface area is 136 Å². The van der Waals surface area contributed by atoms with E-state index in [9.17, 15) is 4.79 Å². The zero-order valence-electron chi connectivity index (χ0n) is 13.6. The molecule has 0 bridgehead atoms. The number of urea groups is 1. The topological polar surface area (TPSA) is 67.8 Å². The van der Waals surface area contributed by atoms with Crippen LogP contribution in [0.15, 0.2) is 12.4 Å². The highest BCUT2D eigenvalue weighted by Crippen LogP contribution is 2.19. The molecule has 2 saturated heterocycles. The van der Waals surface area contributed by atoms with Gasteiger partial charge in [0, 0.05) is 44.5 Å². The van der Waals surface area contributed by atoms with Crippen molar-refractivity contribution in [1.82, 2.24) is 19.8 Å². The zero-order chi connectivity index (χ0) is 16.1. The maximum atomic E-state index is 12.5. The Morgan fingerprint density at radius 3 is 2.74 bits per heavy atom. The molecule has 3 rings (SSSR count). The van der Waals surface area contributed by atoms with Crippen molar-refractivity contribution in [3.63, 3.8) is 0 Å². The van der Waals surface area contributed by atoms with Gasteiger partial charge in [0.2, 0.25) is 0 Å². The molecule has 3 heterocycles. The van der Waals surface area contributed by atoms with Crippen molar-refractivity contribution in [1.29, 1.82) is 0 Å². The van der Waals surface area contributed by atoms with Gasteiger partial charge in [0.05, 0.1) is 19.8 Å². The predicted molar refractivity (Wildman–Crippen MR) is 84.3 cm³/mol. The van der Waals surface area contributed by atoms with Gasteiger partial charge in [-0.15, -0.1) is 0 Å². The minimum Gasteiger partial charge on any atom is -0.463 e. The Morgan fingerprint density at radius 1 is 1.26 bits per heavy atom. The fourth-order valence-electron chi connectivity index (χ4n) is 2.98. The summed E-state index contributed by atoms with van der Waals surface area (Å²) in [5.74, 6) is 0.332. The van der Waals surface area contributed by atoms with Crippen LogP contribution >= 0.6 is 0 Å². The van der Waals surface area contributed by atoms with Gasteiger partial charge in [-0.3, -0.25) is 0 Å². The molecule has 7 heteroatoms. The Bertz CT molecular complexity index is 517. The second-order valence-corrected chi connectivity index (χ2v) is 6.19. The second-order valence-electron chi connectivity index (χ2n) is 6.19. The second kappa shape index (κ2) is 7.59. The van der Waals surface area contributed by atoms with Gasteiger partial charge in [0.25, 0.3) is 0 Å². The van der Waals surface area contributed by atoms with Crippen molar-refractivity contribution < 1.29 is 14.3 Å². The van der Waals surface area contributed by atoms with E-state index in [0.717, 1.165) is 31.5 Å². The number of piperidine rings is 1. The number of hydrogen-bond donors (Lipinski definition) is 0. The molecule has 2 fully saturated rings. The third kappa shape index (κ3) is 4.31. The molecule has 23 heavy (non-hydrogen) atoms. The van der Waals surface area contributed by atoms with E-state index in [0.29, 0.717) is 44.8 Å². The highest BCUT2D eigenvalue weighted by atomic mass is 16.5. The van der Waals surface area contributed by atoms with Crippen LogP contribution < -0.4 is 4.74 Å². The summed E-state index contributed by atoms with van der Waals surface area (Å²) >= 11 is 0. The Morgan fingerprint density at radius 2 is 2.00 bits per heavy atom. The van der Waals surface area contributed by atoms with E-state index in [2.05, 4.69) is 9.97 Å². The molecule has 0 aromatic carbocycles. The first-order valence-electron chi connectivity index (χ1n) is 8.25. The summed E-state index contributed by atoms with van der Waals surface area (Å²) in [5, 5.41) is 0. The largest absolute Gasteiger partial charge is 0.463 e. The van der Waals surface area contributed by atoms with Crippen molar-refractivity contribution in [2.24, 2.45) is 5.92 Å². The lowest BCUT2D eigenvalue weighted by Crippen LogP contribution is -2.51. The number of carbonyl (C=O) groups is 1. The Balaban J connectivity index is 1.49. The molecule has 2 aliphatic rings. The number of ether oxygens (including phenoxy) is 2. The first kappa shape index (κ1) is 16.0. The van der Waals surface area contributed by atoms with Crippen molar-refractivity contribution >= 4 is 6.03 Å². The van der Waals surface area contributed by atoms with Crippen LogP contribution in [-0.2, 0) is 4.74 Å². The van der Waals surface area contributed by atoms with Gasteiger partial charge >= 0.3 is 12.0 Å². The maximum Gasteiger partial charge on any atom is 0.320 e. The number of morpholine rings is 1. The smallest absolute Gasteiger partial charge is 0.320 e. The van der Waals surface area contributed by atoms with Gasteiger partial charge < -0.3 is 19.3 Å². The molecular weight excluding hydrogens is 296 g/mol. The lowest BCUT2D eigenvalue weighted by atomic mass is 9.99. The standard InChI is InChI=1S/C16H24N4O3/c1-13-9-17-15(18-10-13)23-12-14-3-2-4-20(11-14)16(21)19-5-7-22-8-6-19/h9-10,14H,2-8,11-12H2,1H3. The number of aryl methyl sites for hydroxylation is 1. The minimum absolute atomic E-state index is 0.129. The van der Waals surface area contributed by atoms with Crippen LogP contribution in [0.1, 0.15) is 18.4 Å². The third-order valence-electron chi connectivity index (χ3n) is 4.28. The summed E-state index contributed by atoms with van der Waals surface area (Å²) in [6, 6.07) is 0.539. The van der Waals surface area contributed by atoms with Crippen LogP contribution in [0.2, 0.25) is 0 Å². The summed E-state index contributed by atoms with van der Waals surface area (Å²) in [6.07, 6.45) is 5.58. The highest BCUT2D eigenvalue weighted by molar-refractivity contribution is 5.74. The van der Waals surface area contributed by atoms with Gasteiger partial charge in [-0.2, -0.15) is 0 Å². The van der Waals surface area contributed by atoms with E-state index >= 15 is 0 Å². The molecule has 0 aliphatic carbocycles. The first-order valence-corrected chi connectivity index (χ1v) is 8.25.